The quantitative estimate of drug-likeness (QED) is 0.904. The number of carbonyl (C=O) groups is 2. The Bertz CT molecular complexity index is 472. The molecule has 0 saturated carbocycles. The molecule has 0 bridgehead atoms. The SMILES string of the molecule is COCc1ccsc1C(=O)NC1CCCN(C)C1=O. The Labute approximate surface area is 116 Å². The van der Waals surface area contributed by atoms with Crippen LogP contribution in [0.5, 0.6) is 0 Å². The van der Waals surface area contributed by atoms with Gasteiger partial charge in [0.1, 0.15) is 6.04 Å². The van der Waals surface area contributed by atoms with E-state index >= 15 is 0 Å². The predicted molar refractivity (Wildman–Crippen MR) is 73.2 cm³/mol. The number of amides is 2. The van der Waals surface area contributed by atoms with Gasteiger partial charge in [0.25, 0.3) is 5.91 Å². The van der Waals surface area contributed by atoms with E-state index < -0.39 is 6.04 Å². The van der Waals surface area contributed by atoms with Crippen molar-refractivity contribution in [2.45, 2.75) is 25.5 Å². The van der Waals surface area contributed by atoms with Gasteiger partial charge >= 0.3 is 0 Å². The minimum absolute atomic E-state index is 0.00977. The van der Waals surface area contributed by atoms with Gasteiger partial charge in [-0.15, -0.1) is 11.3 Å². The molecule has 1 aliphatic heterocycles. The lowest BCUT2D eigenvalue weighted by molar-refractivity contribution is -0.134. The van der Waals surface area contributed by atoms with Crippen LogP contribution < -0.4 is 5.32 Å². The molecule has 5 nitrogen and oxygen atoms in total. The van der Waals surface area contributed by atoms with E-state index in [1.165, 1.54) is 11.3 Å². The maximum Gasteiger partial charge on any atom is 0.262 e. The first-order valence-corrected chi connectivity index (χ1v) is 7.12. The molecule has 2 amide bonds. The molecule has 1 aliphatic rings. The van der Waals surface area contributed by atoms with Crippen LogP contribution in [-0.2, 0) is 16.1 Å². The van der Waals surface area contributed by atoms with Gasteiger partial charge in [0.2, 0.25) is 5.91 Å². The monoisotopic (exact) mass is 282 g/mol. The number of likely N-dealkylation sites (N-methyl/N-ethyl adjacent to an activating group) is 1. The Kier molecular flexibility index (Phi) is 4.55. The Hall–Kier alpha value is -1.40. The van der Waals surface area contributed by atoms with Gasteiger partial charge in [-0.1, -0.05) is 0 Å². The maximum absolute atomic E-state index is 12.2. The van der Waals surface area contributed by atoms with Crippen LogP contribution in [0.1, 0.15) is 28.1 Å². The first-order valence-electron chi connectivity index (χ1n) is 6.24. The van der Waals surface area contributed by atoms with Crippen molar-refractivity contribution < 1.29 is 14.3 Å². The number of nitrogens with zero attached hydrogens (tertiary/aromatic N) is 1. The molecule has 0 aliphatic carbocycles. The zero-order valence-corrected chi connectivity index (χ0v) is 12.0. The molecule has 0 radical (unpaired) electrons. The standard InChI is InChI=1S/C13H18N2O3S/c1-15-6-3-4-10(13(15)17)14-12(16)11-9(8-18-2)5-7-19-11/h5,7,10H,3-4,6,8H2,1-2H3,(H,14,16). The van der Waals surface area contributed by atoms with Crippen molar-refractivity contribution >= 4 is 23.2 Å². The molecule has 1 N–H and O–H groups in total. The second-order valence-corrected chi connectivity index (χ2v) is 5.55. The van der Waals surface area contributed by atoms with Crippen molar-refractivity contribution in [3.8, 4) is 0 Å². The van der Waals surface area contributed by atoms with Gasteiger partial charge in [0, 0.05) is 26.3 Å². The number of hydrogen-bond acceptors (Lipinski definition) is 4. The third-order valence-electron chi connectivity index (χ3n) is 3.22. The lowest BCUT2D eigenvalue weighted by atomic mass is 10.1. The summed E-state index contributed by atoms with van der Waals surface area (Å²) in [7, 11) is 3.36. The van der Waals surface area contributed by atoms with Crippen LogP contribution in [0.2, 0.25) is 0 Å². The average Bonchev–Trinajstić information content (AvgIpc) is 2.84. The number of likely N-dealkylation sites (tertiary alicyclic amines) is 1. The van der Waals surface area contributed by atoms with Crippen molar-refractivity contribution in [1.82, 2.24) is 10.2 Å². The van der Waals surface area contributed by atoms with Gasteiger partial charge in [-0.05, 0) is 24.3 Å². The highest BCUT2D eigenvalue weighted by Crippen LogP contribution is 2.19. The normalized spacial score (nSPS) is 19.6. The largest absolute Gasteiger partial charge is 0.380 e. The van der Waals surface area contributed by atoms with Gasteiger partial charge < -0.3 is 15.0 Å². The van der Waals surface area contributed by atoms with E-state index in [0.717, 1.165) is 18.5 Å². The van der Waals surface area contributed by atoms with E-state index in [1.54, 1.807) is 19.1 Å². The summed E-state index contributed by atoms with van der Waals surface area (Å²) < 4.78 is 5.06. The smallest absolute Gasteiger partial charge is 0.262 e. The highest BCUT2D eigenvalue weighted by Gasteiger charge is 2.28. The number of nitrogens with one attached hydrogen (secondary N) is 1. The average molecular weight is 282 g/mol. The second kappa shape index (κ2) is 6.16. The summed E-state index contributed by atoms with van der Waals surface area (Å²) >= 11 is 1.37. The van der Waals surface area contributed by atoms with Gasteiger partial charge in [-0.25, -0.2) is 0 Å². The molecular weight excluding hydrogens is 264 g/mol. The van der Waals surface area contributed by atoms with Crippen molar-refractivity contribution in [3.05, 3.63) is 21.9 Å². The molecule has 1 aromatic heterocycles. The van der Waals surface area contributed by atoms with E-state index in [-0.39, 0.29) is 11.8 Å². The summed E-state index contributed by atoms with van der Waals surface area (Å²) in [6.07, 6.45) is 1.63. The lowest BCUT2D eigenvalue weighted by Crippen LogP contribution is -2.50. The van der Waals surface area contributed by atoms with Crippen LogP contribution >= 0.6 is 11.3 Å². The Morgan fingerprint density at radius 1 is 1.63 bits per heavy atom. The number of hydrogen-bond donors (Lipinski definition) is 1. The summed E-state index contributed by atoms with van der Waals surface area (Å²) in [5, 5.41) is 4.68. The lowest BCUT2D eigenvalue weighted by Gasteiger charge is -2.29. The van der Waals surface area contributed by atoms with E-state index in [2.05, 4.69) is 5.32 Å². The van der Waals surface area contributed by atoms with Crippen LogP contribution in [0.3, 0.4) is 0 Å². The molecule has 2 heterocycles. The fraction of sp³-hybridized carbons (Fsp3) is 0.538. The van der Waals surface area contributed by atoms with Crippen molar-refractivity contribution in [3.63, 3.8) is 0 Å². The third-order valence-corrected chi connectivity index (χ3v) is 4.17. The molecule has 19 heavy (non-hydrogen) atoms. The summed E-state index contributed by atoms with van der Waals surface area (Å²) in [6, 6.07) is 1.47. The molecule has 1 atom stereocenters. The molecule has 1 aromatic rings. The first kappa shape index (κ1) is 14.0. The number of methoxy groups -OCH3 is 1. The minimum atomic E-state index is -0.399. The van der Waals surface area contributed by atoms with Crippen molar-refractivity contribution in [2.24, 2.45) is 0 Å². The van der Waals surface area contributed by atoms with E-state index in [0.29, 0.717) is 17.9 Å². The van der Waals surface area contributed by atoms with Crippen LogP contribution in [-0.4, -0.2) is 43.5 Å². The minimum Gasteiger partial charge on any atom is -0.380 e. The van der Waals surface area contributed by atoms with E-state index in [9.17, 15) is 9.59 Å². The molecule has 1 unspecified atom stereocenters. The topological polar surface area (TPSA) is 58.6 Å². The predicted octanol–water partition coefficient (Wildman–Crippen LogP) is 1.25. The number of thiophene rings is 1. The molecule has 1 fully saturated rings. The molecule has 1 saturated heterocycles. The zero-order chi connectivity index (χ0) is 13.8. The number of rotatable bonds is 4. The van der Waals surface area contributed by atoms with E-state index in [4.69, 9.17) is 4.74 Å². The summed E-state index contributed by atoms with van der Waals surface area (Å²) in [4.78, 5) is 26.4. The number of ether oxygens (including phenoxy) is 1. The Morgan fingerprint density at radius 3 is 3.16 bits per heavy atom. The maximum atomic E-state index is 12.2. The van der Waals surface area contributed by atoms with Crippen LogP contribution in [0.25, 0.3) is 0 Å². The molecule has 0 aromatic carbocycles. The van der Waals surface area contributed by atoms with E-state index in [1.807, 2.05) is 11.4 Å². The second-order valence-electron chi connectivity index (χ2n) is 4.64. The van der Waals surface area contributed by atoms with Crippen molar-refractivity contribution in [1.29, 1.82) is 0 Å². The summed E-state index contributed by atoms with van der Waals surface area (Å²) in [5.74, 6) is -0.194. The Balaban J connectivity index is 2.04. The third kappa shape index (κ3) is 3.13. The molecule has 2 rings (SSSR count). The van der Waals surface area contributed by atoms with Crippen molar-refractivity contribution in [2.75, 3.05) is 20.7 Å². The summed E-state index contributed by atoms with van der Waals surface area (Å²) in [5.41, 5.74) is 0.863. The molecule has 6 heteroatoms. The Morgan fingerprint density at radius 2 is 2.42 bits per heavy atom. The number of carbonyl (C=O) groups excluding carboxylic acids is 2. The zero-order valence-electron chi connectivity index (χ0n) is 11.1. The van der Waals surface area contributed by atoms with Crippen LogP contribution in [0, 0.1) is 0 Å². The fourth-order valence-electron chi connectivity index (χ4n) is 2.19. The molecular formula is C13H18N2O3S. The highest BCUT2D eigenvalue weighted by molar-refractivity contribution is 7.12. The van der Waals surface area contributed by atoms with Gasteiger partial charge in [0.15, 0.2) is 0 Å². The van der Waals surface area contributed by atoms with Gasteiger partial charge in [-0.3, -0.25) is 9.59 Å². The van der Waals surface area contributed by atoms with Gasteiger partial charge in [0.05, 0.1) is 11.5 Å². The van der Waals surface area contributed by atoms with Crippen LogP contribution in [0.15, 0.2) is 11.4 Å². The number of piperidine rings is 1. The van der Waals surface area contributed by atoms with Gasteiger partial charge in [-0.2, -0.15) is 0 Å². The first-order chi connectivity index (χ1) is 9.13. The summed E-state index contributed by atoms with van der Waals surface area (Å²) in [6.45, 7) is 1.17. The van der Waals surface area contributed by atoms with Crippen LogP contribution in [0.4, 0.5) is 0 Å². The highest BCUT2D eigenvalue weighted by atomic mass is 32.1. The molecule has 0 spiro atoms. The fourth-order valence-corrected chi connectivity index (χ4v) is 3.01. The molecule has 104 valence electrons.